The number of nitrogens with one attached hydrogen (secondary N) is 1. The number of carbonyl (C=O) groups excluding carboxylic acids is 1. The summed E-state index contributed by atoms with van der Waals surface area (Å²) in [6.45, 7) is 3.65. The highest BCUT2D eigenvalue weighted by Gasteiger charge is 2.11. The Bertz CT molecular complexity index is 350. The van der Waals surface area contributed by atoms with Crippen LogP contribution in [0.4, 0.5) is 10.1 Å². The van der Waals surface area contributed by atoms with Gasteiger partial charge < -0.3 is 11.1 Å². The highest BCUT2D eigenvalue weighted by atomic mass is 19.1. The minimum Gasteiger partial charge on any atom is -0.398 e. The van der Waals surface area contributed by atoms with E-state index in [9.17, 15) is 9.18 Å². The molecule has 0 heterocycles. The number of nitrogen functional groups attached to an aromatic ring is 1. The molecule has 0 bridgehead atoms. The number of hydrogen-bond donors (Lipinski definition) is 2. The zero-order valence-electron chi connectivity index (χ0n) is 8.17. The lowest BCUT2D eigenvalue weighted by Gasteiger charge is -2.09. The van der Waals surface area contributed by atoms with Gasteiger partial charge in [-0.1, -0.05) is 0 Å². The number of amides is 1. The second-order valence-corrected chi connectivity index (χ2v) is 3.36. The molecule has 0 aliphatic carbocycles. The molecule has 0 fully saturated rings. The van der Waals surface area contributed by atoms with E-state index in [4.69, 9.17) is 5.73 Å². The minimum absolute atomic E-state index is 0.00478. The molecule has 0 saturated carbocycles. The molecule has 76 valence electrons. The van der Waals surface area contributed by atoms with E-state index in [1.54, 1.807) is 0 Å². The molecule has 1 amide bonds. The fourth-order valence-corrected chi connectivity index (χ4v) is 1.07. The smallest absolute Gasteiger partial charge is 0.253 e. The molecule has 3 N–H and O–H groups in total. The van der Waals surface area contributed by atoms with Gasteiger partial charge in [-0.15, -0.1) is 0 Å². The molecule has 1 aromatic rings. The van der Waals surface area contributed by atoms with Crippen LogP contribution in [0.1, 0.15) is 24.2 Å². The van der Waals surface area contributed by atoms with E-state index in [0.717, 1.165) is 6.07 Å². The monoisotopic (exact) mass is 196 g/mol. The van der Waals surface area contributed by atoms with Crippen molar-refractivity contribution in [3.05, 3.63) is 29.6 Å². The van der Waals surface area contributed by atoms with E-state index < -0.39 is 5.82 Å². The quantitative estimate of drug-likeness (QED) is 0.705. The molecular formula is C10H13FN2O. The van der Waals surface area contributed by atoms with Crippen molar-refractivity contribution >= 4 is 11.6 Å². The first-order valence-corrected chi connectivity index (χ1v) is 4.36. The van der Waals surface area contributed by atoms with Gasteiger partial charge in [0.1, 0.15) is 5.82 Å². The Hall–Kier alpha value is -1.58. The van der Waals surface area contributed by atoms with Gasteiger partial charge in [0.2, 0.25) is 0 Å². The van der Waals surface area contributed by atoms with Crippen molar-refractivity contribution in [1.82, 2.24) is 5.32 Å². The third-order valence-corrected chi connectivity index (χ3v) is 1.68. The highest BCUT2D eigenvalue weighted by Crippen LogP contribution is 2.13. The van der Waals surface area contributed by atoms with Crippen LogP contribution in [0.25, 0.3) is 0 Å². The van der Waals surface area contributed by atoms with E-state index in [1.165, 1.54) is 12.1 Å². The van der Waals surface area contributed by atoms with Gasteiger partial charge in [0, 0.05) is 11.7 Å². The van der Waals surface area contributed by atoms with Gasteiger partial charge in [0.05, 0.1) is 5.56 Å². The highest BCUT2D eigenvalue weighted by molar-refractivity contribution is 5.99. The lowest BCUT2D eigenvalue weighted by Crippen LogP contribution is -2.30. The number of halogens is 1. The molecule has 0 spiro atoms. The average molecular weight is 196 g/mol. The Labute approximate surface area is 82.1 Å². The summed E-state index contributed by atoms with van der Waals surface area (Å²) >= 11 is 0. The predicted molar refractivity (Wildman–Crippen MR) is 53.4 cm³/mol. The fraction of sp³-hybridized carbons (Fsp3) is 0.300. The molecule has 1 aromatic carbocycles. The molecule has 4 heteroatoms. The summed E-state index contributed by atoms with van der Waals surface area (Å²) in [5.74, 6) is -0.815. The maximum absolute atomic E-state index is 12.8. The van der Waals surface area contributed by atoms with Crippen LogP contribution >= 0.6 is 0 Å². The minimum atomic E-state index is -0.465. The zero-order chi connectivity index (χ0) is 10.7. The topological polar surface area (TPSA) is 55.1 Å². The standard InChI is InChI=1S/C10H13FN2O/c1-6(2)13-10(14)8-5-7(11)3-4-9(8)12/h3-6H,12H2,1-2H3,(H,13,14). The zero-order valence-corrected chi connectivity index (χ0v) is 8.17. The summed E-state index contributed by atoms with van der Waals surface area (Å²) in [5, 5.41) is 2.64. The van der Waals surface area contributed by atoms with E-state index in [0.29, 0.717) is 0 Å². The summed E-state index contributed by atoms with van der Waals surface area (Å²) in [6, 6.07) is 3.74. The third-order valence-electron chi connectivity index (χ3n) is 1.68. The lowest BCUT2D eigenvalue weighted by atomic mass is 10.1. The second kappa shape index (κ2) is 4.09. The van der Waals surface area contributed by atoms with E-state index in [2.05, 4.69) is 5.32 Å². The fourth-order valence-electron chi connectivity index (χ4n) is 1.07. The van der Waals surface area contributed by atoms with Gasteiger partial charge >= 0.3 is 0 Å². The molecule has 0 unspecified atom stereocenters. The first-order valence-electron chi connectivity index (χ1n) is 4.36. The Morgan fingerprint density at radius 1 is 1.50 bits per heavy atom. The third kappa shape index (κ3) is 2.45. The Balaban J connectivity index is 2.94. The first kappa shape index (κ1) is 10.5. The predicted octanol–water partition coefficient (Wildman–Crippen LogP) is 1.55. The normalized spacial score (nSPS) is 10.3. The molecule has 14 heavy (non-hydrogen) atoms. The second-order valence-electron chi connectivity index (χ2n) is 3.36. The summed E-state index contributed by atoms with van der Waals surface area (Å²) in [7, 11) is 0. The van der Waals surface area contributed by atoms with Crippen molar-refractivity contribution in [2.24, 2.45) is 0 Å². The van der Waals surface area contributed by atoms with Crippen molar-refractivity contribution in [2.75, 3.05) is 5.73 Å². The SMILES string of the molecule is CC(C)NC(=O)c1cc(F)ccc1N. The molecule has 0 aliphatic rings. The molecule has 0 aromatic heterocycles. The maximum Gasteiger partial charge on any atom is 0.253 e. The van der Waals surface area contributed by atoms with Crippen molar-refractivity contribution in [2.45, 2.75) is 19.9 Å². The molecule has 3 nitrogen and oxygen atoms in total. The van der Waals surface area contributed by atoms with Crippen molar-refractivity contribution in [3.63, 3.8) is 0 Å². The van der Waals surface area contributed by atoms with E-state index in [1.807, 2.05) is 13.8 Å². The largest absolute Gasteiger partial charge is 0.398 e. The summed E-state index contributed by atoms with van der Waals surface area (Å²) in [4.78, 5) is 11.5. The van der Waals surface area contributed by atoms with Gasteiger partial charge in [0.15, 0.2) is 0 Å². The Kier molecular flexibility index (Phi) is 3.06. The van der Waals surface area contributed by atoms with Gasteiger partial charge in [-0.25, -0.2) is 4.39 Å². The van der Waals surface area contributed by atoms with Gasteiger partial charge in [-0.05, 0) is 32.0 Å². The van der Waals surface area contributed by atoms with Gasteiger partial charge in [0.25, 0.3) is 5.91 Å². The van der Waals surface area contributed by atoms with Crippen molar-refractivity contribution in [3.8, 4) is 0 Å². The van der Waals surface area contributed by atoms with Crippen LogP contribution in [-0.2, 0) is 0 Å². The number of anilines is 1. The Morgan fingerprint density at radius 3 is 2.71 bits per heavy atom. The number of hydrogen-bond acceptors (Lipinski definition) is 2. The Morgan fingerprint density at radius 2 is 2.14 bits per heavy atom. The van der Waals surface area contributed by atoms with Crippen LogP contribution in [0.15, 0.2) is 18.2 Å². The van der Waals surface area contributed by atoms with Gasteiger partial charge in [-0.2, -0.15) is 0 Å². The van der Waals surface area contributed by atoms with Crippen molar-refractivity contribution < 1.29 is 9.18 Å². The molecule has 0 saturated heterocycles. The molecule has 0 radical (unpaired) electrons. The molecule has 1 rings (SSSR count). The summed E-state index contributed by atoms with van der Waals surface area (Å²) in [6.07, 6.45) is 0. The lowest BCUT2D eigenvalue weighted by molar-refractivity contribution is 0.0943. The molecular weight excluding hydrogens is 183 g/mol. The number of nitrogens with two attached hydrogens (primary N) is 1. The maximum atomic E-state index is 12.8. The van der Waals surface area contributed by atoms with E-state index >= 15 is 0 Å². The van der Waals surface area contributed by atoms with E-state index in [-0.39, 0.29) is 23.2 Å². The van der Waals surface area contributed by atoms with Gasteiger partial charge in [-0.3, -0.25) is 4.79 Å². The van der Waals surface area contributed by atoms with Crippen LogP contribution in [0.5, 0.6) is 0 Å². The molecule has 0 atom stereocenters. The van der Waals surface area contributed by atoms with Crippen LogP contribution in [-0.4, -0.2) is 11.9 Å². The molecule has 0 aliphatic heterocycles. The number of rotatable bonds is 2. The summed E-state index contributed by atoms with van der Waals surface area (Å²) in [5.41, 5.74) is 6.00. The van der Waals surface area contributed by atoms with Crippen LogP contribution in [0, 0.1) is 5.82 Å². The first-order chi connectivity index (χ1) is 6.50. The van der Waals surface area contributed by atoms with Crippen molar-refractivity contribution in [1.29, 1.82) is 0 Å². The van der Waals surface area contributed by atoms with Crippen LogP contribution in [0.2, 0.25) is 0 Å². The number of carbonyl (C=O) groups is 1. The van der Waals surface area contributed by atoms with Crippen LogP contribution in [0.3, 0.4) is 0 Å². The number of benzene rings is 1. The average Bonchev–Trinajstić information content (AvgIpc) is 2.08. The van der Waals surface area contributed by atoms with Crippen LogP contribution < -0.4 is 11.1 Å². The summed E-state index contributed by atoms with van der Waals surface area (Å²) < 4.78 is 12.8.